The number of thiazole rings is 1. The molecule has 3 aromatic heterocycles. The number of hydrogen-bond donors (Lipinski definition) is 1. The van der Waals surface area contributed by atoms with Crippen LogP contribution in [-0.4, -0.2) is 28.4 Å². The molecule has 0 radical (unpaired) electrons. The first-order valence-corrected chi connectivity index (χ1v) is 9.31. The lowest BCUT2D eigenvalue weighted by atomic mass is 10.4. The van der Waals surface area contributed by atoms with Crippen LogP contribution in [0.2, 0.25) is 0 Å². The third-order valence-electron chi connectivity index (χ3n) is 3.18. The van der Waals surface area contributed by atoms with Crippen molar-refractivity contribution in [3.63, 3.8) is 0 Å². The Morgan fingerprint density at radius 2 is 2.08 bits per heavy atom. The Balaban J connectivity index is 1.41. The lowest BCUT2D eigenvalue weighted by molar-refractivity contribution is -0.144. The fraction of sp³-hybridized carbons (Fsp3) is 0.176. The molecule has 0 unspecified atom stereocenters. The molecular formula is C17H15N3O3S2. The van der Waals surface area contributed by atoms with E-state index < -0.39 is 0 Å². The van der Waals surface area contributed by atoms with E-state index in [1.54, 1.807) is 18.3 Å². The zero-order valence-corrected chi connectivity index (χ0v) is 14.8. The molecule has 128 valence electrons. The Kier molecular flexibility index (Phi) is 5.86. The van der Waals surface area contributed by atoms with Crippen LogP contribution in [0, 0.1) is 0 Å². The van der Waals surface area contributed by atoms with Crippen LogP contribution in [0.3, 0.4) is 0 Å². The zero-order chi connectivity index (χ0) is 17.5. The number of rotatable bonds is 7. The summed E-state index contributed by atoms with van der Waals surface area (Å²) >= 11 is 2.81. The van der Waals surface area contributed by atoms with Gasteiger partial charge in [0.2, 0.25) is 0 Å². The van der Waals surface area contributed by atoms with Crippen molar-refractivity contribution in [2.75, 3.05) is 6.54 Å². The average Bonchev–Trinajstić information content (AvgIpc) is 3.32. The molecular weight excluding hydrogens is 358 g/mol. The molecule has 0 aliphatic carbocycles. The number of pyridine rings is 1. The quantitative estimate of drug-likeness (QED) is 0.644. The van der Waals surface area contributed by atoms with E-state index in [-0.39, 0.29) is 31.4 Å². The first kappa shape index (κ1) is 17.2. The van der Waals surface area contributed by atoms with Crippen LogP contribution < -0.4 is 5.32 Å². The van der Waals surface area contributed by atoms with Crippen LogP contribution >= 0.6 is 22.7 Å². The molecule has 3 aromatic rings. The van der Waals surface area contributed by atoms with E-state index in [2.05, 4.69) is 15.3 Å². The van der Waals surface area contributed by atoms with Gasteiger partial charge in [0.25, 0.3) is 5.91 Å². The van der Waals surface area contributed by atoms with Crippen LogP contribution in [0.25, 0.3) is 10.7 Å². The summed E-state index contributed by atoms with van der Waals surface area (Å²) < 4.78 is 5.19. The highest BCUT2D eigenvalue weighted by Gasteiger charge is 2.10. The van der Waals surface area contributed by atoms with E-state index in [4.69, 9.17) is 4.74 Å². The van der Waals surface area contributed by atoms with E-state index in [1.165, 1.54) is 22.7 Å². The van der Waals surface area contributed by atoms with E-state index in [0.29, 0.717) is 10.6 Å². The fourth-order valence-corrected chi connectivity index (χ4v) is 3.40. The number of thiophene rings is 1. The predicted molar refractivity (Wildman–Crippen MR) is 96.4 cm³/mol. The standard InChI is InChI=1S/C17H15N3O3S2/c21-15(6-8-19-16(22)14-5-3-9-24-14)23-10-12-11-25-17(20-12)13-4-1-2-7-18-13/h1-5,7,9,11H,6,8,10H2,(H,19,22). The molecule has 0 aromatic carbocycles. The Labute approximate surface area is 152 Å². The second-order valence-corrected chi connectivity index (χ2v) is 6.81. The normalized spacial score (nSPS) is 10.4. The van der Waals surface area contributed by atoms with Crippen molar-refractivity contribution in [3.05, 3.63) is 57.9 Å². The van der Waals surface area contributed by atoms with Crippen LogP contribution in [0.15, 0.2) is 47.3 Å². The maximum absolute atomic E-state index is 11.8. The summed E-state index contributed by atoms with van der Waals surface area (Å²) in [7, 11) is 0. The molecule has 3 rings (SSSR count). The minimum Gasteiger partial charge on any atom is -0.459 e. The van der Waals surface area contributed by atoms with Crippen molar-refractivity contribution < 1.29 is 14.3 Å². The summed E-state index contributed by atoms with van der Waals surface area (Å²) in [5.41, 5.74) is 1.47. The van der Waals surface area contributed by atoms with Crippen LogP contribution in [0.4, 0.5) is 0 Å². The van der Waals surface area contributed by atoms with Crippen molar-refractivity contribution in [1.29, 1.82) is 0 Å². The highest BCUT2D eigenvalue weighted by Crippen LogP contribution is 2.21. The number of carbonyl (C=O) groups excluding carboxylic acids is 2. The summed E-state index contributed by atoms with van der Waals surface area (Å²) in [6.45, 7) is 0.354. The highest BCUT2D eigenvalue weighted by atomic mass is 32.1. The van der Waals surface area contributed by atoms with Crippen molar-refractivity contribution in [2.45, 2.75) is 13.0 Å². The molecule has 8 heteroatoms. The molecule has 1 amide bonds. The smallest absolute Gasteiger partial charge is 0.307 e. The number of nitrogens with zero attached hydrogens (tertiary/aromatic N) is 2. The third kappa shape index (κ3) is 4.94. The SMILES string of the molecule is O=C(CCNC(=O)c1cccs1)OCc1csc(-c2ccccn2)n1. The predicted octanol–water partition coefficient (Wildman–Crippen LogP) is 3.13. The Morgan fingerprint density at radius 3 is 2.84 bits per heavy atom. The second-order valence-electron chi connectivity index (χ2n) is 5.00. The number of nitrogens with one attached hydrogen (secondary N) is 1. The van der Waals surface area contributed by atoms with Gasteiger partial charge in [0.1, 0.15) is 11.6 Å². The third-order valence-corrected chi connectivity index (χ3v) is 4.96. The van der Waals surface area contributed by atoms with Crippen molar-refractivity contribution in [3.8, 4) is 10.7 Å². The van der Waals surface area contributed by atoms with Crippen molar-refractivity contribution >= 4 is 34.6 Å². The summed E-state index contributed by atoms with van der Waals surface area (Å²) in [4.78, 5) is 32.8. The number of carbonyl (C=O) groups is 2. The van der Waals surface area contributed by atoms with Crippen molar-refractivity contribution in [2.24, 2.45) is 0 Å². The molecule has 0 atom stereocenters. The molecule has 0 aliphatic heterocycles. The largest absolute Gasteiger partial charge is 0.459 e. The van der Waals surface area contributed by atoms with Gasteiger partial charge < -0.3 is 10.1 Å². The van der Waals surface area contributed by atoms with E-state index in [9.17, 15) is 9.59 Å². The van der Waals surface area contributed by atoms with Gasteiger partial charge >= 0.3 is 5.97 Å². The summed E-state index contributed by atoms with van der Waals surface area (Å²) in [5, 5.41) is 7.15. The minimum atomic E-state index is -0.376. The van der Waals surface area contributed by atoms with Gasteiger partial charge in [0.15, 0.2) is 0 Å². The number of amides is 1. The molecule has 0 bridgehead atoms. The minimum absolute atomic E-state index is 0.112. The van der Waals surface area contributed by atoms with E-state index >= 15 is 0 Å². The second kappa shape index (κ2) is 8.50. The maximum Gasteiger partial charge on any atom is 0.307 e. The molecule has 3 heterocycles. The Hall–Kier alpha value is -2.58. The summed E-state index contributed by atoms with van der Waals surface area (Å²) in [5.74, 6) is -0.554. The molecule has 1 N–H and O–H groups in total. The number of aromatic nitrogens is 2. The van der Waals surface area contributed by atoms with Gasteiger partial charge in [-0.2, -0.15) is 0 Å². The van der Waals surface area contributed by atoms with Gasteiger partial charge in [-0.3, -0.25) is 14.6 Å². The number of ether oxygens (including phenoxy) is 1. The molecule has 0 saturated heterocycles. The topological polar surface area (TPSA) is 81.2 Å². The van der Waals surface area contributed by atoms with Crippen LogP contribution in [0.1, 0.15) is 21.8 Å². The molecule has 25 heavy (non-hydrogen) atoms. The molecule has 0 saturated carbocycles. The average molecular weight is 373 g/mol. The zero-order valence-electron chi connectivity index (χ0n) is 13.2. The fourth-order valence-electron chi connectivity index (χ4n) is 1.98. The molecule has 0 spiro atoms. The number of esters is 1. The lowest BCUT2D eigenvalue weighted by Crippen LogP contribution is -2.25. The first-order chi connectivity index (χ1) is 12.2. The Bertz CT molecular complexity index is 832. The molecule has 0 aliphatic rings. The van der Waals surface area contributed by atoms with E-state index in [0.717, 1.165) is 10.7 Å². The van der Waals surface area contributed by atoms with Gasteiger partial charge in [0.05, 0.1) is 22.7 Å². The van der Waals surface area contributed by atoms with E-state index in [1.807, 2.05) is 29.0 Å². The molecule has 6 nitrogen and oxygen atoms in total. The first-order valence-electron chi connectivity index (χ1n) is 7.55. The van der Waals surface area contributed by atoms with Gasteiger partial charge in [-0.1, -0.05) is 12.1 Å². The van der Waals surface area contributed by atoms with Gasteiger partial charge in [-0.05, 0) is 23.6 Å². The molecule has 0 fully saturated rings. The summed E-state index contributed by atoms with van der Waals surface area (Å²) in [6.07, 6.45) is 1.83. The van der Waals surface area contributed by atoms with Gasteiger partial charge in [0, 0.05) is 18.1 Å². The maximum atomic E-state index is 11.8. The highest BCUT2D eigenvalue weighted by molar-refractivity contribution is 7.13. The lowest BCUT2D eigenvalue weighted by Gasteiger charge is -2.04. The monoisotopic (exact) mass is 373 g/mol. The van der Waals surface area contributed by atoms with Crippen LogP contribution in [-0.2, 0) is 16.1 Å². The van der Waals surface area contributed by atoms with Gasteiger partial charge in [-0.25, -0.2) is 4.98 Å². The van der Waals surface area contributed by atoms with Crippen molar-refractivity contribution in [1.82, 2.24) is 15.3 Å². The van der Waals surface area contributed by atoms with Crippen LogP contribution in [0.5, 0.6) is 0 Å². The summed E-state index contributed by atoms with van der Waals surface area (Å²) in [6, 6.07) is 9.16. The van der Waals surface area contributed by atoms with Gasteiger partial charge in [-0.15, -0.1) is 22.7 Å². The Morgan fingerprint density at radius 1 is 1.16 bits per heavy atom. The number of hydrogen-bond acceptors (Lipinski definition) is 7.